The molecule has 0 radical (unpaired) electrons. The average Bonchev–Trinajstić information content (AvgIpc) is 3.26. The Hall–Kier alpha value is -4.31. The van der Waals surface area contributed by atoms with Crippen LogP contribution in [0.4, 0.5) is 21.3 Å². The monoisotopic (exact) mass is 492 g/mol. The average molecular weight is 493 g/mol. The minimum Gasteiger partial charge on any atom is -0.493 e. The lowest BCUT2D eigenvalue weighted by Crippen LogP contribution is -2.19. The Kier molecular flexibility index (Phi) is 7.02. The zero-order valence-electron chi connectivity index (χ0n) is 19.6. The third kappa shape index (κ3) is 5.28. The molecule has 10 heteroatoms. The summed E-state index contributed by atoms with van der Waals surface area (Å²) in [6.45, 7) is 1.90. The van der Waals surface area contributed by atoms with Gasteiger partial charge in [-0.25, -0.2) is 9.78 Å². The van der Waals surface area contributed by atoms with Crippen LogP contribution < -0.4 is 30.2 Å². The number of methoxy groups -OCH3 is 3. The lowest BCUT2D eigenvalue weighted by molar-refractivity contribution is 0.102. The number of rotatable bonds is 7. The number of aryl methyl sites for hydroxylation is 1. The number of aromatic nitrogens is 1. The first-order valence-corrected chi connectivity index (χ1v) is 11.4. The summed E-state index contributed by atoms with van der Waals surface area (Å²) in [6.07, 6.45) is 0. The van der Waals surface area contributed by atoms with Crippen molar-refractivity contribution >= 4 is 50.0 Å². The van der Waals surface area contributed by atoms with Gasteiger partial charge in [0.05, 0.1) is 37.2 Å². The van der Waals surface area contributed by atoms with Crippen LogP contribution in [0.2, 0.25) is 0 Å². The summed E-state index contributed by atoms with van der Waals surface area (Å²) < 4.78 is 16.8. The fourth-order valence-corrected chi connectivity index (χ4v) is 4.51. The minimum absolute atomic E-state index is 0.231. The van der Waals surface area contributed by atoms with Crippen molar-refractivity contribution in [2.75, 3.05) is 37.3 Å². The standard InChI is InChI=1S/C25H24N4O5S/c1-14-10-16(26-24(31)27-17-11-18(32-2)22(34-4)19(12-17)33-3)13-20-21(14)28-25(35-20)29-23(30)15-8-6-5-7-9-15/h5-13H,1-4H3,(H2,26,27,31)(H,28,29,30). The SMILES string of the molecule is COc1cc(NC(=O)Nc2cc(C)c3nc(NC(=O)c4ccccc4)sc3c2)cc(OC)c1OC. The highest BCUT2D eigenvalue weighted by Gasteiger charge is 2.16. The van der Waals surface area contributed by atoms with Crippen molar-refractivity contribution in [1.29, 1.82) is 0 Å². The number of thiazole rings is 1. The molecule has 0 atom stereocenters. The number of nitrogens with one attached hydrogen (secondary N) is 3. The number of hydrogen-bond donors (Lipinski definition) is 3. The van der Waals surface area contributed by atoms with Crippen LogP contribution in [0.15, 0.2) is 54.6 Å². The van der Waals surface area contributed by atoms with Crippen LogP contribution in [-0.2, 0) is 0 Å². The van der Waals surface area contributed by atoms with Gasteiger partial charge < -0.3 is 24.8 Å². The molecule has 180 valence electrons. The molecular formula is C25H24N4O5S. The number of benzene rings is 3. The van der Waals surface area contributed by atoms with Gasteiger partial charge in [-0.2, -0.15) is 0 Å². The number of carbonyl (C=O) groups excluding carboxylic acids is 2. The van der Waals surface area contributed by atoms with Crippen molar-refractivity contribution in [2.24, 2.45) is 0 Å². The number of ether oxygens (including phenoxy) is 3. The first-order valence-electron chi connectivity index (χ1n) is 10.6. The zero-order valence-corrected chi connectivity index (χ0v) is 20.4. The van der Waals surface area contributed by atoms with E-state index in [1.807, 2.05) is 25.1 Å². The van der Waals surface area contributed by atoms with Crippen molar-refractivity contribution in [3.05, 3.63) is 65.7 Å². The molecule has 0 aliphatic rings. The molecule has 0 aliphatic carbocycles. The summed E-state index contributed by atoms with van der Waals surface area (Å²) in [5.41, 5.74) is 3.23. The first kappa shape index (κ1) is 23.8. The number of hydrogen-bond acceptors (Lipinski definition) is 7. The number of anilines is 3. The molecule has 0 spiro atoms. The van der Waals surface area contributed by atoms with Crippen LogP contribution in [0.3, 0.4) is 0 Å². The van der Waals surface area contributed by atoms with E-state index >= 15 is 0 Å². The summed E-state index contributed by atoms with van der Waals surface area (Å²) in [5.74, 6) is 1.05. The van der Waals surface area contributed by atoms with Gasteiger partial charge in [-0.1, -0.05) is 29.5 Å². The van der Waals surface area contributed by atoms with Crippen LogP contribution in [0.1, 0.15) is 15.9 Å². The van der Waals surface area contributed by atoms with E-state index in [2.05, 4.69) is 20.9 Å². The quantitative estimate of drug-likeness (QED) is 0.313. The Morgan fingerprint density at radius 3 is 2.06 bits per heavy atom. The Bertz CT molecular complexity index is 1360. The second-order valence-electron chi connectivity index (χ2n) is 7.47. The van der Waals surface area contributed by atoms with Crippen LogP contribution in [0, 0.1) is 6.92 Å². The van der Waals surface area contributed by atoms with E-state index in [4.69, 9.17) is 14.2 Å². The van der Waals surface area contributed by atoms with E-state index in [0.29, 0.717) is 39.3 Å². The Morgan fingerprint density at radius 1 is 0.829 bits per heavy atom. The van der Waals surface area contributed by atoms with Crippen LogP contribution in [-0.4, -0.2) is 38.3 Å². The fourth-order valence-electron chi connectivity index (χ4n) is 3.53. The van der Waals surface area contributed by atoms with Crippen LogP contribution in [0.25, 0.3) is 10.2 Å². The summed E-state index contributed by atoms with van der Waals surface area (Å²) in [7, 11) is 4.52. The number of amides is 3. The van der Waals surface area contributed by atoms with Crippen molar-refractivity contribution < 1.29 is 23.8 Å². The largest absolute Gasteiger partial charge is 0.493 e. The van der Waals surface area contributed by atoms with Gasteiger partial charge in [0.2, 0.25) is 5.75 Å². The molecule has 3 aromatic carbocycles. The van der Waals surface area contributed by atoms with Crippen LogP contribution >= 0.6 is 11.3 Å². The molecule has 9 nitrogen and oxygen atoms in total. The van der Waals surface area contributed by atoms with Gasteiger partial charge in [0.1, 0.15) is 0 Å². The maximum atomic E-state index is 12.7. The lowest BCUT2D eigenvalue weighted by atomic mass is 10.2. The Morgan fingerprint density at radius 2 is 1.46 bits per heavy atom. The van der Waals surface area contributed by atoms with E-state index < -0.39 is 6.03 Å². The van der Waals surface area contributed by atoms with E-state index in [1.165, 1.54) is 32.7 Å². The second-order valence-corrected chi connectivity index (χ2v) is 8.50. The maximum Gasteiger partial charge on any atom is 0.323 e. The van der Waals surface area contributed by atoms with Crippen LogP contribution in [0.5, 0.6) is 17.2 Å². The normalized spacial score (nSPS) is 10.5. The molecular weight excluding hydrogens is 468 g/mol. The predicted molar refractivity (Wildman–Crippen MR) is 137 cm³/mol. The molecule has 3 amide bonds. The third-order valence-corrected chi connectivity index (χ3v) is 6.04. The molecule has 0 aliphatic heterocycles. The summed E-state index contributed by atoms with van der Waals surface area (Å²) in [4.78, 5) is 29.7. The molecule has 0 saturated heterocycles. The molecule has 35 heavy (non-hydrogen) atoms. The fraction of sp³-hybridized carbons (Fsp3) is 0.160. The topological polar surface area (TPSA) is 111 Å². The summed E-state index contributed by atoms with van der Waals surface area (Å²) >= 11 is 1.33. The number of fused-ring (bicyclic) bond motifs is 1. The number of nitrogens with zero attached hydrogens (tertiary/aromatic N) is 1. The van der Waals surface area contributed by atoms with Crippen molar-refractivity contribution in [3.63, 3.8) is 0 Å². The first-order chi connectivity index (χ1) is 16.9. The molecule has 4 rings (SSSR count). The van der Waals surface area contributed by atoms with Gasteiger partial charge in [-0.3, -0.25) is 10.1 Å². The smallest absolute Gasteiger partial charge is 0.323 e. The van der Waals surface area contributed by atoms with Gasteiger partial charge >= 0.3 is 6.03 Å². The van der Waals surface area contributed by atoms with Gasteiger partial charge in [-0.15, -0.1) is 0 Å². The summed E-state index contributed by atoms with van der Waals surface area (Å²) in [6, 6.07) is 15.4. The number of urea groups is 1. The maximum absolute atomic E-state index is 12.7. The highest BCUT2D eigenvalue weighted by Crippen LogP contribution is 2.40. The lowest BCUT2D eigenvalue weighted by Gasteiger charge is -2.15. The highest BCUT2D eigenvalue weighted by molar-refractivity contribution is 7.22. The van der Waals surface area contributed by atoms with Crippen molar-refractivity contribution in [1.82, 2.24) is 4.98 Å². The molecule has 0 saturated carbocycles. The molecule has 0 unspecified atom stereocenters. The third-order valence-electron chi connectivity index (χ3n) is 5.12. The van der Waals surface area contributed by atoms with Gasteiger partial charge in [0.15, 0.2) is 16.6 Å². The molecule has 0 bridgehead atoms. The number of carbonyl (C=O) groups is 2. The predicted octanol–water partition coefficient (Wildman–Crippen LogP) is 5.53. The van der Waals surface area contributed by atoms with Crippen molar-refractivity contribution in [2.45, 2.75) is 6.92 Å². The van der Waals surface area contributed by atoms with Gasteiger partial charge in [-0.05, 0) is 36.8 Å². The van der Waals surface area contributed by atoms with E-state index in [9.17, 15) is 9.59 Å². The van der Waals surface area contributed by atoms with E-state index in [-0.39, 0.29) is 5.91 Å². The van der Waals surface area contributed by atoms with E-state index in [1.54, 1.807) is 36.4 Å². The highest BCUT2D eigenvalue weighted by atomic mass is 32.1. The zero-order chi connectivity index (χ0) is 24.9. The minimum atomic E-state index is -0.444. The Balaban J connectivity index is 1.50. The second kappa shape index (κ2) is 10.3. The molecule has 3 N–H and O–H groups in total. The Labute approximate surface area is 206 Å². The molecule has 1 heterocycles. The van der Waals surface area contributed by atoms with E-state index in [0.717, 1.165) is 15.8 Å². The van der Waals surface area contributed by atoms with Gasteiger partial charge in [0.25, 0.3) is 5.91 Å². The van der Waals surface area contributed by atoms with Crippen molar-refractivity contribution in [3.8, 4) is 17.2 Å². The molecule has 1 aromatic heterocycles. The summed E-state index contributed by atoms with van der Waals surface area (Å²) in [5, 5.41) is 8.92. The molecule has 4 aromatic rings. The van der Waals surface area contributed by atoms with Gasteiger partial charge in [0, 0.05) is 23.4 Å². The molecule has 0 fully saturated rings.